The Bertz CT molecular complexity index is 574. The predicted molar refractivity (Wildman–Crippen MR) is 64.4 cm³/mol. The number of hydrogen-bond donors (Lipinski definition) is 1. The molecular weight excluding hydrogens is 257 g/mol. The molecule has 5 heteroatoms. The highest BCUT2D eigenvalue weighted by molar-refractivity contribution is 5.44. The van der Waals surface area contributed by atoms with Crippen molar-refractivity contribution < 1.29 is 23.0 Å². The molecular formula is C14H11F3O2. The number of aromatic hydroxyl groups is 1. The van der Waals surface area contributed by atoms with Crippen LogP contribution >= 0.6 is 0 Å². The van der Waals surface area contributed by atoms with Crippen LogP contribution < -0.4 is 4.74 Å². The van der Waals surface area contributed by atoms with Gasteiger partial charge < -0.3 is 9.84 Å². The molecule has 0 saturated carbocycles. The average Bonchev–Trinajstić information content (AvgIpc) is 2.32. The van der Waals surface area contributed by atoms with Gasteiger partial charge in [-0.25, -0.2) is 0 Å². The molecule has 0 aliphatic rings. The van der Waals surface area contributed by atoms with Crippen LogP contribution in [0.4, 0.5) is 13.2 Å². The van der Waals surface area contributed by atoms with Gasteiger partial charge in [-0.05, 0) is 48.9 Å². The monoisotopic (exact) mass is 268 g/mol. The van der Waals surface area contributed by atoms with Crippen molar-refractivity contribution in [2.75, 3.05) is 0 Å². The molecule has 0 bridgehead atoms. The summed E-state index contributed by atoms with van der Waals surface area (Å²) in [5, 5.41) is 9.63. The van der Waals surface area contributed by atoms with E-state index < -0.39 is 11.7 Å². The molecule has 2 aromatic rings. The summed E-state index contributed by atoms with van der Waals surface area (Å²) in [6, 6.07) is 9.09. The molecule has 0 aromatic heterocycles. The molecule has 19 heavy (non-hydrogen) atoms. The molecule has 0 saturated heterocycles. The zero-order chi connectivity index (χ0) is 14.0. The largest absolute Gasteiger partial charge is 0.504 e. The summed E-state index contributed by atoms with van der Waals surface area (Å²) in [7, 11) is 0. The molecule has 0 unspecified atom stereocenters. The van der Waals surface area contributed by atoms with Crippen molar-refractivity contribution in [3.8, 4) is 17.2 Å². The molecule has 0 aliphatic heterocycles. The van der Waals surface area contributed by atoms with E-state index >= 15 is 0 Å². The highest BCUT2D eigenvalue weighted by atomic mass is 19.4. The molecule has 2 aromatic carbocycles. The summed E-state index contributed by atoms with van der Waals surface area (Å²) in [6.07, 6.45) is -4.37. The smallest absolute Gasteiger partial charge is 0.416 e. The summed E-state index contributed by atoms with van der Waals surface area (Å²) >= 11 is 0. The summed E-state index contributed by atoms with van der Waals surface area (Å²) in [5.41, 5.74) is 0.116. The third-order valence-electron chi connectivity index (χ3n) is 2.52. The minimum atomic E-state index is -4.37. The van der Waals surface area contributed by atoms with Crippen LogP contribution in [0.5, 0.6) is 17.2 Å². The summed E-state index contributed by atoms with van der Waals surface area (Å²) in [5.74, 6) is 0.373. The predicted octanol–water partition coefficient (Wildman–Crippen LogP) is 4.51. The highest BCUT2D eigenvalue weighted by Gasteiger charge is 2.30. The van der Waals surface area contributed by atoms with Crippen molar-refractivity contribution in [3.63, 3.8) is 0 Å². The van der Waals surface area contributed by atoms with Crippen LogP contribution in [-0.4, -0.2) is 5.11 Å². The molecule has 0 aliphatic carbocycles. The first-order chi connectivity index (χ1) is 8.86. The molecule has 0 spiro atoms. The lowest BCUT2D eigenvalue weighted by Gasteiger charge is -2.10. The van der Waals surface area contributed by atoms with Gasteiger partial charge in [0.05, 0.1) is 5.56 Å². The minimum absolute atomic E-state index is 0.0557. The minimum Gasteiger partial charge on any atom is -0.504 e. The van der Waals surface area contributed by atoms with Gasteiger partial charge in [0.15, 0.2) is 11.5 Å². The SMILES string of the molecule is Cc1ccc(Oc2ccc(C(F)(F)F)cc2)c(O)c1. The highest BCUT2D eigenvalue weighted by Crippen LogP contribution is 2.34. The summed E-state index contributed by atoms with van der Waals surface area (Å²) < 4.78 is 42.4. The maximum atomic E-state index is 12.4. The molecule has 0 atom stereocenters. The lowest BCUT2D eigenvalue weighted by molar-refractivity contribution is -0.137. The van der Waals surface area contributed by atoms with Crippen LogP contribution in [0.2, 0.25) is 0 Å². The van der Waals surface area contributed by atoms with Gasteiger partial charge in [0.25, 0.3) is 0 Å². The molecule has 0 amide bonds. The van der Waals surface area contributed by atoms with E-state index in [1.54, 1.807) is 12.1 Å². The number of phenolic OH excluding ortho intramolecular Hbond substituents is 1. The van der Waals surface area contributed by atoms with Crippen LogP contribution in [0.1, 0.15) is 11.1 Å². The van der Waals surface area contributed by atoms with E-state index in [2.05, 4.69) is 0 Å². The third kappa shape index (κ3) is 3.19. The van der Waals surface area contributed by atoms with Crippen molar-refractivity contribution in [2.45, 2.75) is 13.1 Å². The molecule has 0 radical (unpaired) electrons. The van der Waals surface area contributed by atoms with Crippen molar-refractivity contribution in [1.29, 1.82) is 0 Å². The normalized spacial score (nSPS) is 11.4. The Kier molecular flexibility index (Phi) is 3.38. The first-order valence-electron chi connectivity index (χ1n) is 5.51. The fourth-order valence-corrected chi connectivity index (χ4v) is 1.55. The number of alkyl halides is 3. The quantitative estimate of drug-likeness (QED) is 0.868. The number of ether oxygens (including phenoxy) is 1. The third-order valence-corrected chi connectivity index (χ3v) is 2.52. The van der Waals surface area contributed by atoms with Crippen molar-refractivity contribution >= 4 is 0 Å². The van der Waals surface area contributed by atoms with Gasteiger partial charge in [-0.3, -0.25) is 0 Å². The molecule has 2 rings (SSSR count). The van der Waals surface area contributed by atoms with Gasteiger partial charge >= 0.3 is 6.18 Å². The second kappa shape index (κ2) is 4.84. The van der Waals surface area contributed by atoms with E-state index in [0.717, 1.165) is 17.7 Å². The lowest BCUT2D eigenvalue weighted by atomic mass is 10.2. The van der Waals surface area contributed by atoms with E-state index in [4.69, 9.17) is 4.74 Å². The zero-order valence-electron chi connectivity index (χ0n) is 10.0. The van der Waals surface area contributed by atoms with Gasteiger partial charge in [0, 0.05) is 0 Å². The van der Waals surface area contributed by atoms with Crippen LogP contribution in [0.25, 0.3) is 0 Å². The van der Waals surface area contributed by atoms with E-state index in [1.165, 1.54) is 18.2 Å². The number of aryl methyl sites for hydroxylation is 1. The van der Waals surface area contributed by atoms with Gasteiger partial charge in [-0.1, -0.05) is 6.07 Å². The van der Waals surface area contributed by atoms with Gasteiger partial charge in [0.2, 0.25) is 0 Å². The second-order valence-electron chi connectivity index (χ2n) is 4.10. The lowest BCUT2D eigenvalue weighted by Crippen LogP contribution is -2.03. The van der Waals surface area contributed by atoms with Crippen LogP contribution in [-0.2, 0) is 6.18 Å². The Morgan fingerprint density at radius 1 is 1.00 bits per heavy atom. The van der Waals surface area contributed by atoms with Crippen LogP contribution in [0, 0.1) is 6.92 Å². The maximum Gasteiger partial charge on any atom is 0.416 e. The van der Waals surface area contributed by atoms with E-state index in [9.17, 15) is 18.3 Å². The van der Waals surface area contributed by atoms with Gasteiger partial charge in [-0.2, -0.15) is 13.2 Å². The Morgan fingerprint density at radius 2 is 1.63 bits per heavy atom. The van der Waals surface area contributed by atoms with Crippen molar-refractivity contribution in [3.05, 3.63) is 53.6 Å². The summed E-state index contributed by atoms with van der Waals surface area (Å²) in [4.78, 5) is 0. The Morgan fingerprint density at radius 3 is 2.16 bits per heavy atom. The number of hydrogen-bond acceptors (Lipinski definition) is 2. The van der Waals surface area contributed by atoms with Gasteiger partial charge in [0.1, 0.15) is 5.75 Å². The molecule has 1 N–H and O–H groups in total. The fraction of sp³-hybridized carbons (Fsp3) is 0.143. The number of rotatable bonds is 2. The van der Waals surface area contributed by atoms with Gasteiger partial charge in [-0.15, -0.1) is 0 Å². The van der Waals surface area contributed by atoms with E-state index in [-0.39, 0.29) is 17.2 Å². The number of phenols is 1. The Hall–Kier alpha value is -2.17. The molecule has 0 heterocycles. The Labute approximate surface area is 108 Å². The van der Waals surface area contributed by atoms with Crippen molar-refractivity contribution in [2.24, 2.45) is 0 Å². The standard InChI is InChI=1S/C14H11F3O2/c1-9-2-7-13(12(18)8-9)19-11-5-3-10(4-6-11)14(15,16)17/h2-8,18H,1H3. The zero-order valence-corrected chi connectivity index (χ0v) is 10.0. The maximum absolute atomic E-state index is 12.4. The second-order valence-corrected chi connectivity index (χ2v) is 4.10. The molecule has 100 valence electrons. The first kappa shape index (κ1) is 13.3. The van der Waals surface area contributed by atoms with Crippen LogP contribution in [0.3, 0.4) is 0 Å². The topological polar surface area (TPSA) is 29.5 Å². The van der Waals surface area contributed by atoms with E-state index in [1.807, 2.05) is 6.92 Å². The molecule has 0 fully saturated rings. The number of benzene rings is 2. The summed E-state index contributed by atoms with van der Waals surface area (Å²) in [6.45, 7) is 1.81. The van der Waals surface area contributed by atoms with Crippen molar-refractivity contribution in [1.82, 2.24) is 0 Å². The molecule has 2 nitrogen and oxygen atoms in total. The average molecular weight is 268 g/mol. The van der Waals surface area contributed by atoms with Crippen LogP contribution in [0.15, 0.2) is 42.5 Å². The number of halogens is 3. The fourth-order valence-electron chi connectivity index (χ4n) is 1.55. The first-order valence-corrected chi connectivity index (χ1v) is 5.51. The van der Waals surface area contributed by atoms with E-state index in [0.29, 0.717) is 0 Å². The Balaban J connectivity index is 2.20.